The van der Waals surface area contributed by atoms with Gasteiger partial charge in [0.1, 0.15) is 6.54 Å². The Hall–Kier alpha value is -1.56. The molecule has 0 bridgehead atoms. The number of nitrogens with one attached hydrogen (secondary N) is 1. The Labute approximate surface area is 138 Å². The van der Waals surface area contributed by atoms with Gasteiger partial charge in [0.05, 0.1) is 25.1 Å². The predicted octanol–water partition coefficient (Wildman–Crippen LogP) is 2.12. The average Bonchev–Trinajstić information content (AvgIpc) is 3.03. The summed E-state index contributed by atoms with van der Waals surface area (Å²) in [5.41, 5.74) is 1.03. The van der Waals surface area contributed by atoms with Crippen molar-refractivity contribution >= 4 is 11.6 Å². The van der Waals surface area contributed by atoms with E-state index in [1.54, 1.807) is 4.68 Å². The number of hydrogen-bond donors (Lipinski definition) is 1. The average molecular weight is 320 g/mol. The van der Waals surface area contributed by atoms with Gasteiger partial charge in [0.15, 0.2) is 0 Å². The van der Waals surface area contributed by atoms with E-state index in [0.717, 1.165) is 11.6 Å². The van der Waals surface area contributed by atoms with Gasteiger partial charge in [-0.25, -0.2) is 0 Å². The van der Waals surface area contributed by atoms with Crippen LogP contribution in [0.1, 0.15) is 39.0 Å². The maximum Gasteiger partial charge on any atom is 0.244 e. The fraction of sp³-hybridized carbons (Fsp3) is 0.765. The van der Waals surface area contributed by atoms with E-state index in [1.165, 1.54) is 32.1 Å². The zero-order valence-electron chi connectivity index (χ0n) is 14.0. The highest BCUT2D eigenvalue weighted by Gasteiger charge is 2.24. The molecule has 0 radical (unpaired) electrons. The molecule has 2 atom stereocenters. The summed E-state index contributed by atoms with van der Waals surface area (Å²) in [5.74, 6) is 0.870. The molecule has 1 saturated carbocycles. The normalized spacial score (nSPS) is 25.3. The number of carbonyl (C=O) groups is 1. The van der Waals surface area contributed by atoms with Gasteiger partial charge in [-0.05, 0) is 18.8 Å². The third-order valence-corrected chi connectivity index (χ3v) is 5.08. The van der Waals surface area contributed by atoms with Crippen LogP contribution in [0.4, 0.5) is 5.69 Å². The lowest BCUT2D eigenvalue weighted by Crippen LogP contribution is -2.42. The van der Waals surface area contributed by atoms with Gasteiger partial charge < -0.3 is 15.0 Å². The molecule has 2 unspecified atom stereocenters. The van der Waals surface area contributed by atoms with Crippen molar-refractivity contribution in [2.24, 2.45) is 5.92 Å². The highest BCUT2D eigenvalue weighted by atomic mass is 16.5. The Morgan fingerprint density at radius 3 is 2.91 bits per heavy atom. The first-order chi connectivity index (χ1) is 11.3. The second kappa shape index (κ2) is 7.81. The van der Waals surface area contributed by atoms with E-state index in [-0.39, 0.29) is 5.91 Å². The van der Waals surface area contributed by atoms with Gasteiger partial charge in [0, 0.05) is 25.3 Å². The Kier molecular flexibility index (Phi) is 5.54. The Balaban J connectivity index is 1.54. The molecule has 1 aliphatic carbocycles. The standard InChI is InChI=1S/C17H28N4O2/c1-2-14-5-3-4-6-16(14)19-15-11-18-21(12-15)13-17(22)20-7-9-23-10-8-20/h11-12,14,16,19H,2-10,13H2,1H3. The molecular weight excluding hydrogens is 292 g/mol. The first-order valence-corrected chi connectivity index (χ1v) is 8.90. The van der Waals surface area contributed by atoms with Gasteiger partial charge in [0.25, 0.3) is 0 Å². The molecule has 2 fully saturated rings. The van der Waals surface area contributed by atoms with Crippen molar-refractivity contribution in [3.8, 4) is 0 Å². The van der Waals surface area contributed by atoms with Crippen molar-refractivity contribution in [1.82, 2.24) is 14.7 Å². The van der Waals surface area contributed by atoms with Crippen molar-refractivity contribution in [1.29, 1.82) is 0 Å². The number of anilines is 1. The van der Waals surface area contributed by atoms with E-state index in [2.05, 4.69) is 17.3 Å². The van der Waals surface area contributed by atoms with Gasteiger partial charge >= 0.3 is 0 Å². The summed E-state index contributed by atoms with van der Waals surface area (Å²) < 4.78 is 7.02. The molecule has 2 aliphatic rings. The number of amides is 1. The molecule has 1 aromatic rings. The number of rotatable bonds is 5. The van der Waals surface area contributed by atoms with Crippen molar-refractivity contribution in [2.45, 2.75) is 51.6 Å². The summed E-state index contributed by atoms with van der Waals surface area (Å²) in [6.45, 7) is 5.23. The molecule has 2 heterocycles. The summed E-state index contributed by atoms with van der Waals surface area (Å²) in [6, 6.07) is 0.543. The summed E-state index contributed by atoms with van der Waals surface area (Å²) >= 11 is 0. The molecule has 0 spiro atoms. The van der Waals surface area contributed by atoms with Crippen molar-refractivity contribution in [3.63, 3.8) is 0 Å². The number of carbonyl (C=O) groups excluding carboxylic acids is 1. The largest absolute Gasteiger partial charge is 0.379 e. The third-order valence-electron chi connectivity index (χ3n) is 5.08. The number of nitrogens with zero attached hydrogens (tertiary/aromatic N) is 3. The Bertz CT molecular complexity index is 510. The van der Waals surface area contributed by atoms with E-state index in [1.807, 2.05) is 17.3 Å². The van der Waals surface area contributed by atoms with Crippen LogP contribution in [0.3, 0.4) is 0 Å². The summed E-state index contributed by atoms with van der Waals surface area (Å²) in [7, 11) is 0. The summed E-state index contributed by atoms with van der Waals surface area (Å²) in [4.78, 5) is 14.1. The maximum atomic E-state index is 12.3. The second-order valence-electron chi connectivity index (χ2n) is 6.62. The molecule has 1 saturated heterocycles. The summed E-state index contributed by atoms with van der Waals surface area (Å²) in [6.07, 6.45) is 10.2. The van der Waals surface area contributed by atoms with Gasteiger partial charge in [-0.15, -0.1) is 0 Å². The number of aromatic nitrogens is 2. The fourth-order valence-electron chi connectivity index (χ4n) is 3.68. The Morgan fingerprint density at radius 1 is 1.35 bits per heavy atom. The molecule has 1 N–H and O–H groups in total. The number of hydrogen-bond acceptors (Lipinski definition) is 4. The zero-order chi connectivity index (χ0) is 16.1. The van der Waals surface area contributed by atoms with Gasteiger partial charge in [0.2, 0.25) is 5.91 Å². The molecule has 6 heteroatoms. The molecule has 1 aromatic heterocycles. The highest BCUT2D eigenvalue weighted by molar-refractivity contribution is 5.76. The second-order valence-corrected chi connectivity index (χ2v) is 6.62. The van der Waals surface area contributed by atoms with Crippen molar-refractivity contribution in [3.05, 3.63) is 12.4 Å². The molecule has 3 rings (SSSR count). The van der Waals surface area contributed by atoms with Crippen LogP contribution in [-0.4, -0.2) is 52.9 Å². The lowest BCUT2D eigenvalue weighted by Gasteiger charge is -2.31. The van der Waals surface area contributed by atoms with Crippen LogP contribution in [0.5, 0.6) is 0 Å². The minimum atomic E-state index is 0.118. The zero-order valence-corrected chi connectivity index (χ0v) is 14.0. The van der Waals surface area contributed by atoms with E-state index in [0.29, 0.717) is 38.9 Å². The van der Waals surface area contributed by atoms with Crippen molar-refractivity contribution < 1.29 is 9.53 Å². The van der Waals surface area contributed by atoms with Crippen LogP contribution in [0.2, 0.25) is 0 Å². The SMILES string of the molecule is CCC1CCCCC1Nc1cnn(CC(=O)N2CCOCC2)c1. The van der Waals surface area contributed by atoms with Gasteiger partial charge in [-0.2, -0.15) is 5.10 Å². The highest BCUT2D eigenvalue weighted by Crippen LogP contribution is 2.29. The molecule has 6 nitrogen and oxygen atoms in total. The lowest BCUT2D eigenvalue weighted by molar-refractivity contribution is -0.136. The van der Waals surface area contributed by atoms with Crippen LogP contribution < -0.4 is 5.32 Å². The smallest absolute Gasteiger partial charge is 0.244 e. The maximum absolute atomic E-state index is 12.3. The quantitative estimate of drug-likeness (QED) is 0.903. The molecule has 1 aliphatic heterocycles. The van der Waals surface area contributed by atoms with Gasteiger partial charge in [-0.1, -0.05) is 26.2 Å². The van der Waals surface area contributed by atoms with Gasteiger partial charge in [-0.3, -0.25) is 9.48 Å². The fourth-order valence-corrected chi connectivity index (χ4v) is 3.68. The summed E-state index contributed by atoms with van der Waals surface area (Å²) in [5, 5.41) is 7.97. The molecular formula is C17H28N4O2. The predicted molar refractivity (Wildman–Crippen MR) is 89.3 cm³/mol. The van der Waals surface area contributed by atoms with E-state index >= 15 is 0 Å². The first-order valence-electron chi connectivity index (χ1n) is 8.90. The number of morpholine rings is 1. The Morgan fingerprint density at radius 2 is 2.13 bits per heavy atom. The van der Waals surface area contributed by atoms with Crippen LogP contribution in [0.25, 0.3) is 0 Å². The molecule has 128 valence electrons. The first kappa shape index (κ1) is 16.3. The van der Waals surface area contributed by atoms with Crippen molar-refractivity contribution in [2.75, 3.05) is 31.6 Å². The van der Waals surface area contributed by atoms with E-state index in [9.17, 15) is 4.79 Å². The molecule has 0 aromatic carbocycles. The van der Waals surface area contributed by atoms with E-state index < -0.39 is 0 Å². The van der Waals surface area contributed by atoms with Crippen LogP contribution >= 0.6 is 0 Å². The topological polar surface area (TPSA) is 59.4 Å². The minimum absolute atomic E-state index is 0.118. The molecule has 1 amide bonds. The molecule has 23 heavy (non-hydrogen) atoms. The van der Waals surface area contributed by atoms with Crippen LogP contribution in [0.15, 0.2) is 12.4 Å². The third kappa shape index (κ3) is 4.25. The van der Waals surface area contributed by atoms with E-state index in [4.69, 9.17) is 4.74 Å². The van der Waals surface area contributed by atoms with Crippen LogP contribution in [0, 0.1) is 5.92 Å². The van der Waals surface area contributed by atoms with Crippen LogP contribution in [-0.2, 0) is 16.1 Å². The minimum Gasteiger partial charge on any atom is -0.379 e. The number of ether oxygens (including phenoxy) is 1. The lowest BCUT2D eigenvalue weighted by atomic mass is 9.83. The monoisotopic (exact) mass is 320 g/mol.